The normalized spacial score (nSPS) is 14.3. The fourth-order valence-electron chi connectivity index (χ4n) is 3.03. The number of aromatic nitrogens is 1. The number of piperidine rings is 1. The topological polar surface area (TPSA) is 140 Å². The molecule has 0 spiro atoms. The molecule has 9 heteroatoms. The Morgan fingerprint density at radius 3 is 2.69 bits per heavy atom. The van der Waals surface area contributed by atoms with Crippen LogP contribution in [0.25, 0.3) is 0 Å². The van der Waals surface area contributed by atoms with Gasteiger partial charge in [0, 0.05) is 30.7 Å². The predicted molar refractivity (Wildman–Crippen MR) is 122 cm³/mol. The van der Waals surface area contributed by atoms with Crippen LogP contribution in [0.3, 0.4) is 0 Å². The zero-order valence-electron chi connectivity index (χ0n) is 17.7. The molecule has 1 atom stereocenters. The number of nitriles is 1. The molecule has 32 heavy (non-hydrogen) atoms. The summed E-state index contributed by atoms with van der Waals surface area (Å²) in [7, 11) is 0. The van der Waals surface area contributed by atoms with Gasteiger partial charge in [-0.15, -0.1) is 12.8 Å². The average Bonchev–Trinajstić information content (AvgIpc) is 2.83. The molecule has 1 fully saturated rings. The summed E-state index contributed by atoms with van der Waals surface area (Å²) in [5.74, 6) is -0.520. The van der Waals surface area contributed by atoms with Gasteiger partial charge in [-0.2, -0.15) is 5.26 Å². The maximum atomic E-state index is 13.6. The van der Waals surface area contributed by atoms with E-state index < -0.39 is 5.82 Å². The van der Waals surface area contributed by atoms with Crippen LogP contribution in [0.15, 0.2) is 30.5 Å². The number of hydrogen-bond donors (Lipinski definition) is 3. The second-order valence-corrected chi connectivity index (χ2v) is 6.57. The Balaban J connectivity index is 0.000000769. The molecule has 0 saturated carbocycles. The Labute approximate surface area is 186 Å². The highest BCUT2D eigenvalue weighted by Gasteiger charge is 2.28. The summed E-state index contributed by atoms with van der Waals surface area (Å²) < 4.78 is 19.6. The number of amides is 1. The quantitative estimate of drug-likeness (QED) is 0.383. The predicted octanol–water partition coefficient (Wildman–Crippen LogP) is 3.20. The average molecular weight is 436 g/mol. The van der Waals surface area contributed by atoms with Crippen molar-refractivity contribution in [1.82, 2.24) is 9.88 Å². The number of anilines is 1. The molecule has 2 aromatic rings. The fourth-order valence-corrected chi connectivity index (χ4v) is 3.03. The van der Waals surface area contributed by atoms with E-state index in [2.05, 4.69) is 23.9 Å². The lowest BCUT2D eigenvalue weighted by Crippen LogP contribution is -2.44. The molecule has 4 N–H and O–H groups in total. The number of hydrogen-bond acceptors (Lipinski definition) is 7. The lowest BCUT2D eigenvalue weighted by molar-refractivity contribution is 0.0526. The summed E-state index contributed by atoms with van der Waals surface area (Å²) in [5, 5.41) is 21.3. The lowest BCUT2D eigenvalue weighted by atomic mass is 10.1. The standard InChI is InChI=1S/C19H19FN4O2.C2H4N2.C2H2/c1-12-13(10-21)7-8-23-18(12)26-14-4-3-9-24(11-14)19(25)15-5-2-6-16(20)17(15)22;3-1-2-4;1-2/h2,5-8,14H,3-4,9,11,22H2,1H3;1-4H;1-2H/t14-;;/m1../s1. The minimum atomic E-state index is -0.603. The van der Waals surface area contributed by atoms with Gasteiger partial charge in [0.15, 0.2) is 0 Å². The molecule has 1 aromatic heterocycles. The van der Waals surface area contributed by atoms with Crippen molar-refractivity contribution in [2.24, 2.45) is 0 Å². The monoisotopic (exact) mass is 436 g/mol. The first-order valence-corrected chi connectivity index (χ1v) is 9.61. The first kappa shape index (κ1) is 25.8. The van der Waals surface area contributed by atoms with E-state index in [1.165, 1.54) is 24.4 Å². The summed E-state index contributed by atoms with van der Waals surface area (Å²) in [5.41, 5.74) is 6.91. The van der Waals surface area contributed by atoms with Crippen molar-refractivity contribution >= 4 is 24.0 Å². The highest BCUT2D eigenvalue weighted by Crippen LogP contribution is 2.24. The number of nitrogens with two attached hydrogens (primary N) is 1. The summed E-state index contributed by atoms with van der Waals surface area (Å²) in [6.07, 6.45) is 12.6. The first-order valence-electron chi connectivity index (χ1n) is 9.61. The highest BCUT2D eigenvalue weighted by atomic mass is 19.1. The van der Waals surface area contributed by atoms with Gasteiger partial charge < -0.3 is 26.2 Å². The molecule has 8 nitrogen and oxygen atoms in total. The van der Waals surface area contributed by atoms with Gasteiger partial charge in [0.25, 0.3) is 5.91 Å². The van der Waals surface area contributed by atoms with Gasteiger partial charge in [0.1, 0.15) is 11.9 Å². The van der Waals surface area contributed by atoms with Crippen LogP contribution in [0.4, 0.5) is 10.1 Å². The number of halogens is 1. The molecular weight excluding hydrogens is 411 g/mol. The molecule has 0 radical (unpaired) electrons. The van der Waals surface area contributed by atoms with E-state index in [0.29, 0.717) is 30.1 Å². The Hall–Kier alpha value is -4.24. The molecule has 0 bridgehead atoms. The van der Waals surface area contributed by atoms with Crippen molar-refractivity contribution < 1.29 is 13.9 Å². The van der Waals surface area contributed by atoms with Crippen molar-refractivity contribution in [1.29, 1.82) is 16.1 Å². The fraction of sp³-hybridized carbons (Fsp3) is 0.261. The number of nitrogens with one attached hydrogen (secondary N) is 2. The number of likely N-dealkylation sites (tertiary alicyclic amines) is 1. The lowest BCUT2D eigenvalue weighted by Gasteiger charge is -2.33. The number of nitrogen functional groups attached to an aromatic ring is 1. The van der Waals surface area contributed by atoms with Crippen molar-refractivity contribution in [3.63, 3.8) is 0 Å². The van der Waals surface area contributed by atoms with Crippen LogP contribution in [0.2, 0.25) is 0 Å². The number of nitrogens with zero attached hydrogens (tertiary/aromatic N) is 3. The third kappa shape index (κ3) is 6.64. The SMILES string of the molecule is C#C.Cc1c(C#N)ccnc1O[C@@H]1CCCN(C(=O)c2cccc(F)c2N)C1.N=CC=N. The number of rotatable bonds is 4. The molecule has 3 rings (SSSR count). The summed E-state index contributed by atoms with van der Waals surface area (Å²) in [4.78, 5) is 18.5. The smallest absolute Gasteiger partial charge is 0.256 e. The molecule has 1 aromatic carbocycles. The number of carbonyl (C=O) groups is 1. The Bertz CT molecular complexity index is 1010. The maximum absolute atomic E-state index is 13.6. The van der Waals surface area contributed by atoms with E-state index in [1.807, 2.05) is 0 Å². The maximum Gasteiger partial charge on any atom is 0.256 e. The van der Waals surface area contributed by atoms with Gasteiger partial charge in [-0.3, -0.25) is 4.79 Å². The summed E-state index contributed by atoms with van der Waals surface area (Å²) in [6.45, 7) is 2.69. The van der Waals surface area contributed by atoms with Gasteiger partial charge in [-0.05, 0) is 38.0 Å². The van der Waals surface area contributed by atoms with Crippen LogP contribution in [0, 0.1) is 47.7 Å². The first-order chi connectivity index (χ1) is 15.4. The molecule has 1 aliphatic heterocycles. The van der Waals surface area contributed by atoms with E-state index in [1.54, 1.807) is 17.9 Å². The molecule has 0 unspecified atom stereocenters. The van der Waals surface area contributed by atoms with Crippen LogP contribution < -0.4 is 10.5 Å². The molecule has 166 valence electrons. The second-order valence-electron chi connectivity index (χ2n) is 6.57. The zero-order valence-corrected chi connectivity index (χ0v) is 17.7. The number of carbonyl (C=O) groups excluding carboxylic acids is 1. The van der Waals surface area contributed by atoms with Gasteiger partial charge in [-0.1, -0.05) is 6.07 Å². The third-order valence-electron chi connectivity index (χ3n) is 4.59. The molecule has 1 aliphatic rings. The van der Waals surface area contributed by atoms with Crippen molar-refractivity contribution in [2.45, 2.75) is 25.9 Å². The van der Waals surface area contributed by atoms with Crippen LogP contribution in [-0.2, 0) is 0 Å². The van der Waals surface area contributed by atoms with Gasteiger partial charge in [0.05, 0.1) is 29.4 Å². The van der Waals surface area contributed by atoms with Crippen LogP contribution >= 0.6 is 0 Å². The minimum Gasteiger partial charge on any atom is -0.472 e. The Morgan fingerprint density at radius 2 is 2.06 bits per heavy atom. The minimum absolute atomic E-state index is 0.139. The van der Waals surface area contributed by atoms with E-state index in [4.69, 9.17) is 26.6 Å². The summed E-state index contributed by atoms with van der Waals surface area (Å²) in [6, 6.07) is 7.95. The van der Waals surface area contributed by atoms with Crippen LogP contribution in [0.5, 0.6) is 5.88 Å². The number of ether oxygens (including phenoxy) is 1. The molecule has 2 heterocycles. The number of para-hydroxylation sites is 1. The Morgan fingerprint density at radius 1 is 1.38 bits per heavy atom. The molecule has 0 aliphatic carbocycles. The van der Waals surface area contributed by atoms with Crippen molar-refractivity contribution in [3.8, 4) is 24.8 Å². The second kappa shape index (κ2) is 13.1. The molecular formula is C23H25FN6O2. The molecule has 1 amide bonds. The van der Waals surface area contributed by atoms with E-state index in [-0.39, 0.29) is 23.3 Å². The van der Waals surface area contributed by atoms with Gasteiger partial charge >= 0.3 is 0 Å². The van der Waals surface area contributed by atoms with Gasteiger partial charge in [-0.25, -0.2) is 9.37 Å². The third-order valence-corrected chi connectivity index (χ3v) is 4.59. The summed E-state index contributed by atoms with van der Waals surface area (Å²) >= 11 is 0. The zero-order chi connectivity index (χ0) is 24.1. The van der Waals surface area contributed by atoms with Crippen molar-refractivity contribution in [3.05, 3.63) is 53.0 Å². The van der Waals surface area contributed by atoms with Crippen LogP contribution in [0.1, 0.15) is 34.3 Å². The Kier molecular flexibility index (Phi) is 10.6. The van der Waals surface area contributed by atoms with Crippen molar-refractivity contribution in [2.75, 3.05) is 18.8 Å². The number of pyridine rings is 1. The van der Waals surface area contributed by atoms with E-state index >= 15 is 0 Å². The highest BCUT2D eigenvalue weighted by molar-refractivity contribution is 6.12. The number of terminal acetylenes is 1. The van der Waals surface area contributed by atoms with Gasteiger partial charge in [0.2, 0.25) is 5.88 Å². The number of benzene rings is 1. The molecule has 1 saturated heterocycles. The van der Waals surface area contributed by atoms with E-state index in [9.17, 15) is 9.18 Å². The van der Waals surface area contributed by atoms with E-state index in [0.717, 1.165) is 25.3 Å². The largest absolute Gasteiger partial charge is 0.472 e. The van der Waals surface area contributed by atoms with Crippen LogP contribution in [-0.4, -0.2) is 47.4 Å².